The highest BCUT2D eigenvalue weighted by atomic mass is 16.5. The van der Waals surface area contributed by atoms with Crippen LogP contribution >= 0.6 is 0 Å². The minimum atomic E-state index is -0.816. The molecule has 0 fully saturated rings. The third kappa shape index (κ3) is 4.22. The molecule has 3 heteroatoms. The van der Waals surface area contributed by atoms with E-state index in [2.05, 4.69) is 24.4 Å². The van der Waals surface area contributed by atoms with E-state index in [9.17, 15) is 5.11 Å². The number of hydrogen-bond acceptors (Lipinski definition) is 3. The first-order chi connectivity index (χ1) is 8.77. The average molecular weight is 265 g/mol. The Morgan fingerprint density at radius 3 is 2.47 bits per heavy atom. The van der Waals surface area contributed by atoms with Crippen molar-refractivity contribution >= 4 is 0 Å². The first-order valence-corrected chi connectivity index (χ1v) is 6.91. The molecule has 0 spiro atoms. The zero-order valence-electron chi connectivity index (χ0n) is 12.9. The van der Waals surface area contributed by atoms with Crippen molar-refractivity contribution in [1.29, 1.82) is 0 Å². The molecule has 2 unspecified atom stereocenters. The summed E-state index contributed by atoms with van der Waals surface area (Å²) < 4.78 is 5.88. The Bertz CT molecular complexity index is 413. The van der Waals surface area contributed by atoms with E-state index in [1.54, 1.807) is 0 Å². The van der Waals surface area contributed by atoms with Gasteiger partial charge in [0, 0.05) is 11.6 Å². The summed E-state index contributed by atoms with van der Waals surface area (Å²) in [6, 6.07) is 6.41. The third-order valence-electron chi connectivity index (χ3n) is 3.83. The molecule has 0 saturated carbocycles. The van der Waals surface area contributed by atoms with Gasteiger partial charge in [0.25, 0.3) is 0 Å². The lowest BCUT2D eigenvalue weighted by Crippen LogP contribution is -2.38. The number of nitrogens with one attached hydrogen (secondary N) is 1. The van der Waals surface area contributed by atoms with Gasteiger partial charge in [-0.05, 0) is 45.4 Å². The summed E-state index contributed by atoms with van der Waals surface area (Å²) in [5.41, 5.74) is 1.46. The molecule has 0 heterocycles. The van der Waals surface area contributed by atoms with Gasteiger partial charge in [-0.25, -0.2) is 0 Å². The molecule has 0 saturated heterocycles. The van der Waals surface area contributed by atoms with E-state index in [1.807, 2.05) is 40.8 Å². The van der Waals surface area contributed by atoms with E-state index in [4.69, 9.17) is 4.74 Å². The van der Waals surface area contributed by atoms with Crippen LogP contribution in [0.15, 0.2) is 18.2 Å². The molecule has 1 aromatic rings. The van der Waals surface area contributed by atoms with Crippen molar-refractivity contribution < 1.29 is 9.84 Å². The van der Waals surface area contributed by atoms with Crippen LogP contribution in [0.4, 0.5) is 0 Å². The zero-order chi connectivity index (χ0) is 14.6. The van der Waals surface area contributed by atoms with E-state index in [0.29, 0.717) is 6.61 Å². The molecular weight excluding hydrogens is 238 g/mol. The molecule has 2 atom stereocenters. The van der Waals surface area contributed by atoms with Gasteiger partial charge < -0.3 is 15.2 Å². The van der Waals surface area contributed by atoms with Crippen LogP contribution in [0.1, 0.15) is 44.9 Å². The summed E-state index contributed by atoms with van der Waals surface area (Å²) >= 11 is 0. The van der Waals surface area contributed by atoms with Crippen LogP contribution in [-0.2, 0) is 0 Å². The van der Waals surface area contributed by atoms with Gasteiger partial charge in [0.1, 0.15) is 12.4 Å². The third-order valence-corrected chi connectivity index (χ3v) is 3.83. The second kappa shape index (κ2) is 6.40. The summed E-state index contributed by atoms with van der Waals surface area (Å²) in [5.74, 6) is 1.00. The lowest BCUT2D eigenvalue weighted by Gasteiger charge is -2.28. The Morgan fingerprint density at radius 1 is 1.32 bits per heavy atom. The average Bonchev–Trinajstić information content (AvgIpc) is 2.35. The SMILES string of the molecule is CNC(C)c1ccc(C)cc1OCC(C)(O)C(C)C. The topological polar surface area (TPSA) is 41.5 Å². The Morgan fingerprint density at radius 2 is 1.95 bits per heavy atom. The highest BCUT2D eigenvalue weighted by Gasteiger charge is 2.26. The van der Waals surface area contributed by atoms with E-state index in [1.165, 1.54) is 0 Å². The minimum Gasteiger partial charge on any atom is -0.490 e. The normalized spacial score (nSPS) is 16.2. The van der Waals surface area contributed by atoms with Gasteiger partial charge in [-0.1, -0.05) is 26.0 Å². The number of hydrogen-bond donors (Lipinski definition) is 2. The van der Waals surface area contributed by atoms with Gasteiger partial charge in [-0.15, -0.1) is 0 Å². The number of aliphatic hydroxyl groups is 1. The molecule has 0 amide bonds. The maximum Gasteiger partial charge on any atom is 0.124 e. The fraction of sp³-hybridized carbons (Fsp3) is 0.625. The monoisotopic (exact) mass is 265 g/mol. The van der Waals surface area contributed by atoms with Crippen molar-refractivity contribution in [1.82, 2.24) is 5.32 Å². The highest BCUT2D eigenvalue weighted by Crippen LogP contribution is 2.28. The standard InChI is InChI=1S/C16H27NO2/c1-11(2)16(5,18)10-19-15-9-12(3)7-8-14(15)13(4)17-6/h7-9,11,13,17-18H,10H2,1-6H3. The smallest absolute Gasteiger partial charge is 0.124 e. The lowest BCUT2D eigenvalue weighted by atomic mass is 9.93. The first kappa shape index (κ1) is 16.0. The largest absolute Gasteiger partial charge is 0.490 e. The van der Waals surface area contributed by atoms with Crippen LogP contribution in [0.25, 0.3) is 0 Å². The van der Waals surface area contributed by atoms with Crippen molar-refractivity contribution in [2.45, 2.75) is 46.3 Å². The fourth-order valence-electron chi connectivity index (χ4n) is 1.67. The molecule has 2 N–H and O–H groups in total. The highest BCUT2D eigenvalue weighted by molar-refractivity contribution is 5.39. The molecule has 0 aliphatic carbocycles. The molecule has 0 bridgehead atoms. The summed E-state index contributed by atoms with van der Waals surface area (Å²) in [5, 5.41) is 13.5. The molecular formula is C16H27NO2. The van der Waals surface area contributed by atoms with E-state index >= 15 is 0 Å². The fourth-order valence-corrected chi connectivity index (χ4v) is 1.67. The Hall–Kier alpha value is -1.06. The second-order valence-corrected chi connectivity index (χ2v) is 5.85. The molecule has 1 rings (SSSR count). The van der Waals surface area contributed by atoms with Crippen LogP contribution in [0.3, 0.4) is 0 Å². The number of ether oxygens (including phenoxy) is 1. The quantitative estimate of drug-likeness (QED) is 0.830. The van der Waals surface area contributed by atoms with Gasteiger partial charge in [-0.2, -0.15) is 0 Å². The van der Waals surface area contributed by atoms with Crippen molar-refractivity contribution in [3.8, 4) is 5.75 Å². The van der Waals surface area contributed by atoms with Crippen molar-refractivity contribution in [2.75, 3.05) is 13.7 Å². The molecule has 3 nitrogen and oxygen atoms in total. The minimum absolute atomic E-state index is 0.155. The number of benzene rings is 1. The van der Waals surface area contributed by atoms with Crippen LogP contribution in [0.2, 0.25) is 0 Å². The van der Waals surface area contributed by atoms with E-state index < -0.39 is 5.60 Å². The maximum absolute atomic E-state index is 10.3. The number of aryl methyl sites for hydroxylation is 1. The predicted octanol–water partition coefficient (Wildman–Crippen LogP) is 3.06. The molecule has 108 valence electrons. The molecule has 0 aromatic heterocycles. The van der Waals surface area contributed by atoms with Crippen LogP contribution in [0.5, 0.6) is 5.75 Å². The van der Waals surface area contributed by atoms with Crippen molar-refractivity contribution in [3.63, 3.8) is 0 Å². The summed E-state index contributed by atoms with van der Waals surface area (Å²) in [4.78, 5) is 0. The van der Waals surface area contributed by atoms with Crippen LogP contribution in [-0.4, -0.2) is 24.4 Å². The van der Waals surface area contributed by atoms with Crippen LogP contribution < -0.4 is 10.1 Å². The summed E-state index contributed by atoms with van der Waals surface area (Å²) in [6.45, 7) is 10.2. The van der Waals surface area contributed by atoms with Gasteiger partial charge in [0.2, 0.25) is 0 Å². The first-order valence-electron chi connectivity index (χ1n) is 6.91. The summed E-state index contributed by atoms with van der Waals surface area (Å²) in [7, 11) is 1.93. The molecule has 19 heavy (non-hydrogen) atoms. The number of rotatable bonds is 6. The molecule has 1 aromatic carbocycles. The molecule has 0 aliphatic heterocycles. The maximum atomic E-state index is 10.3. The van der Waals surface area contributed by atoms with Gasteiger partial charge in [0.05, 0.1) is 5.60 Å². The Balaban J connectivity index is 2.90. The van der Waals surface area contributed by atoms with Gasteiger partial charge in [-0.3, -0.25) is 0 Å². The molecule has 0 radical (unpaired) electrons. The second-order valence-electron chi connectivity index (χ2n) is 5.85. The van der Waals surface area contributed by atoms with Gasteiger partial charge in [0.15, 0.2) is 0 Å². The summed E-state index contributed by atoms with van der Waals surface area (Å²) in [6.07, 6.45) is 0. The van der Waals surface area contributed by atoms with Crippen molar-refractivity contribution in [3.05, 3.63) is 29.3 Å². The van der Waals surface area contributed by atoms with E-state index in [-0.39, 0.29) is 12.0 Å². The van der Waals surface area contributed by atoms with Crippen LogP contribution in [0, 0.1) is 12.8 Å². The Kier molecular flexibility index (Phi) is 5.39. The zero-order valence-corrected chi connectivity index (χ0v) is 12.9. The van der Waals surface area contributed by atoms with Gasteiger partial charge >= 0.3 is 0 Å². The molecule has 0 aliphatic rings. The predicted molar refractivity (Wildman–Crippen MR) is 79.6 cm³/mol. The van der Waals surface area contributed by atoms with Crippen molar-refractivity contribution in [2.24, 2.45) is 5.92 Å². The Labute approximate surface area is 117 Å². The lowest BCUT2D eigenvalue weighted by molar-refractivity contribution is -0.0269. The van der Waals surface area contributed by atoms with E-state index in [0.717, 1.165) is 16.9 Å².